The maximum atomic E-state index is 12.3. The Morgan fingerprint density at radius 3 is 2.64 bits per heavy atom. The van der Waals surface area contributed by atoms with Gasteiger partial charge in [-0.3, -0.25) is 4.72 Å². The number of sulfonamides is 1. The average molecular weight is 397 g/mol. The number of anilines is 1. The number of thiazole rings is 1. The highest BCUT2D eigenvalue weighted by atomic mass is 32.3. The highest BCUT2D eigenvalue weighted by Crippen LogP contribution is 2.32. The van der Waals surface area contributed by atoms with Gasteiger partial charge in [-0.1, -0.05) is 17.8 Å². The summed E-state index contributed by atoms with van der Waals surface area (Å²) in [5.41, 5.74) is 1.29. The van der Waals surface area contributed by atoms with Crippen LogP contribution in [-0.4, -0.2) is 32.7 Å². The fourth-order valence-electron chi connectivity index (χ4n) is 2.10. The van der Waals surface area contributed by atoms with Crippen molar-refractivity contribution in [2.45, 2.75) is 4.34 Å². The summed E-state index contributed by atoms with van der Waals surface area (Å²) in [6.45, 7) is 0. The molecule has 9 heteroatoms. The molecule has 0 aliphatic heterocycles. The van der Waals surface area contributed by atoms with Crippen molar-refractivity contribution in [2.75, 3.05) is 24.0 Å². The van der Waals surface area contributed by atoms with Gasteiger partial charge in [-0.05, 0) is 30.3 Å². The molecule has 2 aromatic carbocycles. The summed E-state index contributed by atoms with van der Waals surface area (Å²) in [4.78, 5) is 4.44. The van der Waals surface area contributed by atoms with Gasteiger partial charge in [-0.2, -0.15) is 0 Å². The maximum absolute atomic E-state index is 12.3. The molecule has 3 aromatic rings. The van der Waals surface area contributed by atoms with Gasteiger partial charge in [0.05, 0.1) is 30.1 Å². The average Bonchev–Trinajstić information content (AvgIpc) is 3.02. The van der Waals surface area contributed by atoms with Gasteiger partial charge in [-0.15, -0.1) is 11.3 Å². The number of hydrogen-bond donors (Lipinski definition) is 1. The van der Waals surface area contributed by atoms with E-state index in [0.29, 0.717) is 15.8 Å². The van der Waals surface area contributed by atoms with E-state index in [4.69, 9.17) is 9.47 Å². The van der Waals surface area contributed by atoms with Crippen LogP contribution in [0.25, 0.3) is 10.2 Å². The molecule has 0 saturated carbocycles. The Labute approximate surface area is 154 Å². The van der Waals surface area contributed by atoms with E-state index >= 15 is 0 Å². The van der Waals surface area contributed by atoms with Gasteiger partial charge in [-0.25, -0.2) is 13.4 Å². The van der Waals surface area contributed by atoms with E-state index in [0.717, 1.165) is 16.0 Å². The number of hydrogen-bond acceptors (Lipinski definition) is 7. The summed E-state index contributed by atoms with van der Waals surface area (Å²) >= 11 is 2.62. The second-order valence-corrected chi connectivity index (χ2v) is 9.37. The quantitative estimate of drug-likeness (QED) is 0.612. The predicted molar refractivity (Wildman–Crippen MR) is 102 cm³/mol. The summed E-state index contributed by atoms with van der Waals surface area (Å²) in [6, 6.07) is 12.4. The minimum atomic E-state index is -3.51. The number of rotatable bonds is 7. The van der Waals surface area contributed by atoms with Gasteiger partial charge in [0.2, 0.25) is 10.0 Å². The van der Waals surface area contributed by atoms with Crippen molar-refractivity contribution in [2.24, 2.45) is 0 Å². The maximum Gasteiger partial charge on any atom is 0.242 e. The molecule has 3 rings (SSSR count). The van der Waals surface area contributed by atoms with E-state index in [-0.39, 0.29) is 5.08 Å². The Hall–Kier alpha value is -1.97. The van der Waals surface area contributed by atoms with Crippen LogP contribution in [0.5, 0.6) is 11.5 Å². The van der Waals surface area contributed by atoms with Gasteiger partial charge < -0.3 is 9.47 Å². The Bertz CT molecular complexity index is 986. The first-order chi connectivity index (χ1) is 12.0. The van der Waals surface area contributed by atoms with E-state index < -0.39 is 10.0 Å². The molecule has 0 radical (unpaired) electrons. The van der Waals surface area contributed by atoms with E-state index in [2.05, 4.69) is 9.71 Å². The first-order valence-electron chi connectivity index (χ1n) is 7.21. The first-order valence-corrected chi connectivity index (χ1v) is 10.7. The third-order valence-corrected chi connectivity index (χ3v) is 7.27. The Morgan fingerprint density at radius 1 is 1.12 bits per heavy atom. The summed E-state index contributed by atoms with van der Waals surface area (Å²) in [5, 5.41) is -0.124. The van der Waals surface area contributed by atoms with Crippen molar-refractivity contribution in [1.29, 1.82) is 0 Å². The second-order valence-electron chi connectivity index (χ2n) is 5.02. The van der Waals surface area contributed by atoms with Crippen molar-refractivity contribution >= 4 is 49.0 Å². The number of thioether (sulfide) groups is 1. The number of ether oxygens (including phenoxy) is 2. The monoisotopic (exact) mass is 396 g/mol. The molecule has 0 fully saturated rings. The number of aromatic nitrogens is 1. The van der Waals surface area contributed by atoms with Crippen molar-refractivity contribution in [1.82, 2.24) is 4.98 Å². The molecule has 0 amide bonds. The lowest BCUT2D eigenvalue weighted by Gasteiger charge is -2.08. The molecule has 0 spiro atoms. The van der Waals surface area contributed by atoms with Crippen molar-refractivity contribution < 1.29 is 17.9 Å². The van der Waals surface area contributed by atoms with Gasteiger partial charge in [0.15, 0.2) is 4.34 Å². The van der Waals surface area contributed by atoms with Crippen LogP contribution in [0.4, 0.5) is 5.69 Å². The zero-order valence-electron chi connectivity index (χ0n) is 13.6. The molecule has 1 N–H and O–H groups in total. The fraction of sp³-hybridized carbons (Fsp3) is 0.188. The summed E-state index contributed by atoms with van der Waals surface area (Å²) in [5.74, 6) is 1.34. The Morgan fingerprint density at radius 2 is 1.88 bits per heavy atom. The van der Waals surface area contributed by atoms with Crippen LogP contribution in [0.15, 0.2) is 46.8 Å². The van der Waals surface area contributed by atoms with Gasteiger partial charge >= 0.3 is 0 Å². The molecule has 0 aliphatic rings. The second kappa shape index (κ2) is 7.51. The molecule has 0 aliphatic carbocycles. The van der Waals surface area contributed by atoms with Gasteiger partial charge in [0.25, 0.3) is 0 Å². The highest BCUT2D eigenvalue weighted by molar-refractivity contribution is 8.13. The van der Waals surface area contributed by atoms with Crippen LogP contribution in [0, 0.1) is 0 Å². The van der Waals surface area contributed by atoms with E-state index in [1.807, 2.05) is 18.2 Å². The number of nitrogens with zero attached hydrogens (tertiary/aromatic N) is 1. The fourth-order valence-corrected chi connectivity index (χ4v) is 5.67. The van der Waals surface area contributed by atoms with E-state index in [1.54, 1.807) is 31.4 Å². The normalized spacial score (nSPS) is 11.4. The van der Waals surface area contributed by atoms with Crippen LogP contribution in [0.2, 0.25) is 0 Å². The molecule has 0 unspecified atom stereocenters. The summed E-state index contributed by atoms with van der Waals surface area (Å²) < 4.78 is 39.0. The van der Waals surface area contributed by atoms with E-state index in [1.165, 1.54) is 30.2 Å². The van der Waals surface area contributed by atoms with Gasteiger partial charge in [0.1, 0.15) is 16.6 Å². The third-order valence-electron chi connectivity index (χ3n) is 3.26. The number of methoxy groups -OCH3 is 2. The molecule has 132 valence electrons. The predicted octanol–water partition coefficient (Wildman–Crippen LogP) is 3.81. The van der Waals surface area contributed by atoms with Crippen LogP contribution < -0.4 is 14.2 Å². The molecule has 25 heavy (non-hydrogen) atoms. The molecule has 0 bridgehead atoms. The number of fused-ring (bicyclic) bond motifs is 1. The van der Waals surface area contributed by atoms with Crippen LogP contribution in [0.1, 0.15) is 0 Å². The van der Waals surface area contributed by atoms with Crippen molar-refractivity contribution in [3.05, 3.63) is 42.5 Å². The van der Waals surface area contributed by atoms with Crippen molar-refractivity contribution in [3.8, 4) is 11.5 Å². The SMILES string of the molecule is COc1cccc(NS(=O)(=O)CSc2nc3ccc(OC)cc3s2)c1. The highest BCUT2D eigenvalue weighted by Gasteiger charge is 2.14. The van der Waals surface area contributed by atoms with Crippen LogP contribution >= 0.6 is 23.1 Å². The number of nitrogens with one attached hydrogen (secondary N) is 1. The van der Waals surface area contributed by atoms with Crippen molar-refractivity contribution in [3.63, 3.8) is 0 Å². The molecule has 0 saturated heterocycles. The molecule has 1 aromatic heterocycles. The lowest BCUT2D eigenvalue weighted by atomic mass is 10.3. The molecular weight excluding hydrogens is 380 g/mol. The lowest BCUT2D eigenvalue weighted by molar-refractivity contribution is 0.415. The minimum absolute atomic E-state index is 0.124. The molecular formula is C16H16N2O4S3. The summed E-state index contributed by atoms with van der Waals surface area (Å²) in [7, 11) is -0.370. The molecule has 6 nitrogen and oxygen atoms in total. The smallest absolute Gasteiger partial charge is 0.242 e. The number of benzene rings is 2. The molecule has 1 heterocycles. The molecule has 0 atom stereocenters. The Balaban J connectivity index is 1.69. The summed E-state index contributed by atoms with van der Waals surface area (Å²) in [6.07, 6.45) is 0. The standard InChI is InChI=1S/C16H16N2O4S3/c1-21-12-5-3-4-11(8-12)18-25(19,20)10-23-16-17-14-7-6-13(22-2)9-15(14)24-16/h3-9,18H,10H2,1-2H3. The van der Waals surface area contributed by atoms with Crippen LogP contribution in [0.3, 0.4) is 0 Å². The largest absolute Gasteiger partial charge is 0.497 e. The van der Waals surface area contributed by atoms with Crippen LogP contribution in [-0.2, 0) is 10.0 Å². The third kappa shape index (κ3) is 4.56. The topological polar surface area (TPSA) is 77.5 Å². The van der Waals surface area contributed by atoms with E-state index in [9.17, 15) is 8.42 Å². The zero-order chi connectivity index (χ0) is 17.9. The Kier molecular flexibility index (Phi) is 5.36. The lowest BCUT2D eigenvalue weighted by Crippen LogP contribution is -2.14. The first kappa shape index (κ1) is 17.8. The van der Waals surface area contributed by atoms with Gasteiger partial charge in [0, 0.05) is 6.07 Å². The zero-order valence-corrected chi connectivity index (χ0v) is 16.0. The minimum Gasteiger partial charge on any atom is -0.497 e.